The minimum atomic E-state index is 0.489. The van der Waals surface area contributed by atoms with E-state index in [1.807, 2.05) is 202 Å². The van der Waals surface area contributed by atoms with Crippen molar-refractivity contribution in [1.82, 2.24) is 47.9 Å². The molecule has 1 saturated carbocycles. The first-order chi connectivity index (χ1) is 40.8. The van der Waals surface area contributed by atoms with E-state index in [-0.39, 0.29) is 0 Å². The zero-order chi connectivity index (χ0) is 72.4. The Balaban J connectivity index is -0.0000000325. The zero-order valence-electron chi connectivity index (χ0n) is 70.6. The van der Waals surface area contributed by atoms with E-state index in [1.54, 1.807) is 0 Å². The highest BCUT2D eigenvalue weighted by molar-refractivity contribution is 4.63. The third kappa shape index (κ3) is 338. The van der Waals surface area contributed by atoms with Crippen molar-refractivity contribution in [2.45, 2.75) is 377 Å². The molecule has 0 saturated heterocycles. The molecule has 85 heavy (non-hydrogen) atoms. The van der Waals surface area contributed by atoms with Crippen LogP contribution in [0, 0.1) is 23.2 Å². The van der Waals surface area contributed by atoms with E-state index < -0.39 is 0 Å². The van der Waals surface area contributed by atoms with Gasteiger partial charge in [0.15, 0.2) is 0 Å². The van der Waals surface area contributed by atoms with E-state index in [1.165, 1.54) is 129 Å². The maximum atomic E-state index is 3.12. The monoisotopic (exact) mass is 1240 g/mol. The van der Waals surface area contributed by atoms with E-state index >= 15 is 0 Å². The van der Waals surface area contributed by atoms with E-state index in [9.17, 15) is 0 Å². The Hall–Kier alpha value is -0.360. The van der Waals surface area contributed by atoms with Gasteiger partial charge in [-0.2, -0.15) is 0 Å². The second kappa shape index (κ2) is 191. The lowest BCUT2D eigenvalue weighted by atomic mass is 9.88. The van der Waals surface area contributed by atoms with Crippen LogP contribution >= 0.6 is 0 Å². The van der Waals surface area contributed by atoms with E-state index in [2.05, 4.69) is 159 Å². The molecular weight excluding hydrogens is 1040 g/mol. The standard InChI is InChI=1S/C8H16.C7H17N.3C6H15N.3C5H13N.2C4H11N.10C2H6/c1-2-8-6-4-3-5-7-8;1-7(2,3)5-6-8-4;1-6(2)4-5-7-3;2*1-3-4-5-6-7-2;1-5(2)4-6-3;1-4-5(2)6-3;1-3-4-5-6-2;1-4(2)5-3;1-3-4-5-2;10*1-2/h8H,2-7H2,1H3;8H,5-6H2,1-4H3;6-7H,4-5H2,1-3H3;2*7H,3-6H2,1-2H3;2*5-6H,4H2,1-3H3;6H,3-5H2,1-2H3;4-5H,1-3H3;5H,3-4H2,1-2H3;10*1-2H3. The summed E-state index contributed by atoms with van der Waals surface area (Å²) < 4.78 is 0. The third-order valence-corrected chi connectivity index (χ3v) is 10.0. The molecule has 0 heterocycles. The molecule has 0 radical (unpaired) electrons. The van der Waals surface area contributed by atoms with Crippen LogP contribution in [-0.2, 0) is 0 Å². The molecule has 1 atom stereocenters. The van der Waals surface area contributed by atoms with Gasteiger partial charge in [0.2, 0.25) is 0 Å². The summed E-state index contributed by atoms with van der Waals surface area (Å²) in [6, 6.07) is 1.32. The first-order valence-corrected chi connectivity index (χ1v) is 37.6. The molecule has 1 aliphatic carbocycles. The fourth-order valence-corrected chi connectivity index (χ4v) is 4.85. The highest BCUT2D eigenvalue weighted by atomic mass is 14.8. The predicted octanol–water partition coefficient (Wildman–Crippen LogP) is 23.0. The first kappa shape index (κ1) is 137. The summed E-state index contributed by atoms with van der Waals surface area (Å²) in [6.07, 6.45) is 24.5. The Kier molecular flexibility index (Phi) is 309. The van der Waals surface area contributed by atoms with Gasteiger partial charge in [0, 0.05) is 12.1 Å². The van der Waals surface area contributed by atoms with Crippen molar-refractivity contribution >= 4 is 0 Å². The smallest absolute Gasteiger partial charge is 0.00331 e. The normalized spacial score (nSPS) is 9.88. The van der Waals surface area contributed by atoms with Gasteiger partial charge in [-0.3, -0.25) is 0 Å². The summed E-state index contributed by atoms with van der Waals surface area (Å²) in [5.41, 5.74) is 0.489. The lowest BCUT2D eigenvalue weighted by Gasteiger charge is -2.18. The highest BCUT2D eigenvalue weighted by Crippen LogP contribution is 2.25. The maximum Gasteiger partial charge on any atom is 0.00331 e. The molecule has 1 fully saturated rings. The molecule has 1 rings (SSSR count). The van der Waals surface area contributed by atoms with Gasteiger partial charge in [-0.05, 0) is 184 Å². The first-order valence-electron chi connectivity index (χ1n) is 37.6. The van der Waals surface area contributed by atoms with Gasteiger partial charge in [0.05, 0.1) is 0 Å². The van der Waals surface area contributed by atoms with Crippen molar-refractivity contribution in [3.8, 4) is 0 Å². The molecule has 9 nitrogen and oxygen atoms in total. The zero-order valence-corrected chi connectivity index (χ0v) is 70.6. The quantitative estimate of drug-likeness (QED) is 0.0437. The van der Waals surface area contributed by atoms with Crippen LogP contribution in [-0.4, -0.2) is 121 Å². The summed E-state index contributed by atoms with van der Waals surface area (Å²) in [7, 11) is 17.8. The van der Waals surface area contributed by atoms with Gasteiger partial charge in [0.1, 0.15) is 0 Å². The van der Waals surface area contributed by atoms with Gasteiger partial charge >= 0.3 is 0 Å². The Bertz CT molecular complexity index is 628. The summed E-state index contributed by atoms with van der Waals surface area (Å²) in [6.45, 7) is 83.3. The van der Waals surface area contributed by atoms with Crippen LogP contribution in [0.15, 0.2) is 0 Å². The molecule has 0 aliphatic heterocycles. The molecule has 0 spiro atoms. The minimum absolute atomic E-state index is 0.489. The van der Waals surface area contributed by atoms with Gasteiger partial charge in [-0.15, -0.1) is 0 Å². The summed E-state index contributed by atoms with van der Waals surface area (Å²) in [5, 5.41) is 27.7. The fraction of sp³-hybridized carbons (Fsp3) is 1.00. The van der Waals surface area contributed by atoms with Crippen molar-refractivity contribution < 1.29 is 0 Å². The number of hydrogen-bond acceptors (Lipinski definition) is 9. The van der Waals surface area contributed by atoms with Crippen LogP contribution in [0.4, 0.5) is 0 Å². The summed E-state index contributed by atoms with van der Waals surface area (Å²) >= 11 is 0. The molecule has 0 bridgehead atoms. The molecular formula is C76H199N9. The summed E-state index contributed by atoms with van der Waals surface area (Å²) in [4.78, 5) is 0. The second-order valence-corrected chi connectivity index (χ2v) is 19.8. The van der Waals surface area contributed by atoms with Crippen molar-refractivity contribution in [1.29, 1.82) is 0 Å². The van der Waals surface area contributed by atoms with Crippen molar-refractivity contribution in [3.63, 3.8) is 0 Å². The van der Waals surface area contributed by atoms with E-state index in [4.69, 9.17) is 0 Å². The lowest BCUT2D eigenvalue weighted by molar-refractivity contribution is 0.349. The van der Waals surface area contributed by atoms with Crippen molar-refractivity contribution in [2.75, 3.05) is 109 Å². The van der Waals surface area contributed by atoms with Crippen LogP contribution in [0.25, 0.3) is 0 Å². The third-order valence-electron chi connectivity index (χ3n) is 10.0. The number of nitrogens with one attached hydrogen (secondary N) is 9. The lowest BCUT2D eigenvalue weighted by Crippen LogP contribution is -2.19. The fourth-order valence-electron chi connectivity index (χ4n) is 4.85. The van der Waals surface area contributed by atoms with Crippen molar-refractivity contribution in [2.24, 2.45) is 23.2 Å². The maximum absolute atomic E-state index is 3.12. The van der Waals surface area contributed by atoms with Crippen molar-refractivity contribution in [3.05, 3.63) is 0 Å². The van der Waals surface area contributed by atoms with Crippen LogP contribution < -0.4 is 47.9 Å². The SMILES string of the molecule is CC.CC.CC.CC.CC.CC.CC.CC.CC.CC.CCC(C)NC.CCC1CCCCC1.CCCCCNC.CCCCCNC.CCCCNC.CCCNC.CNC(C)C.CNCC(C)C.CNCCC(C)(C)C.CNCCC(C)C. The Morgan fingerprint density at radius 3 is 0.753 bits per heavy atom. The second-order valence-electron chi connectivity index (χ2n) is 19.8. The Labute approximate surface area is 554 Å². The number of hydrogen-bond donors (Lipinski definition) is 9. The Morgan fingerprint density at radius 2 is 0.647 bits per heavy atom. The van der Waals surface area contributed by atoms with E-state index in [0.717, 1.165) is 50.5 Å². The number of unbranched alkanes of at least 4 members (excludes halogenated alkanes) is 5. The van der Waals surface area contributed by atoms with Gasteiger partial charge in [-0.25, -0.2) is 0 Å². The topological polar surface area (TPSA) is 108 Å². The molecule has 0 aromatic rings. The Morgan fingerprint density at radius 1 is 0.341 bits per heavy atom. The van der Waals surface area contributed by atoms with Gasteiger partial charge in [0.25, 0.3) is 0 Å². The van der Waals surface area contributed by atoms with Gasteiger partial charge in [-0.1, -0.05) is 313 Å². The van der Waals surface area contributed by atoms with Crippen LogP contribution in [0.2, 0.25) is 0 Å². The molecule has 548 valence electrons. The molecule has 0 aromatic carbocycles. The molecule has 1 unspecified atom stereocenters. The highest BCUT2D eigenvalue weighted by Gasteiger charge is 2.09. The van der Waals surface area contributed by atoms with Crippen LogP contribution in [0.5, 0.6) is 0 Å². The largest absolute Gasteiger partial charge is 0.320 e. The van der Waals surface area contributed by atoms with E-state index in [0.29, 0.717) is 17.5 Å². The van der Waals surface area contributed by atoms with Crippen LogP contribution in [0.1, 0.15) is 365 Å². The average molecular weight is 1240 g/mol. The van der Waals surface area contributed by atoms with Crippen LogP contribution in [0.3, 0.4) is 0 Å². The summed E-state index contributed by atoms with van der Waals surface area (Å²) in [5.74, 6) is 2.71. The predicted molar refractivity (Wildman–Crippen MR) is 423 cm³/mol. The molecule has 1 aliphatic rings. The van der Waals surface area contributed by atoms with Gasteiger partial charge < -0.3 is 47.9 Å². The molecule has 0 amide bonds. The minimum Gasteiger partial charge on any atom is -0.320 e. The molecule has 9 N–H and O–H groups in total. The average Bonchev–Trinajstić information content (AvgIpc) is 3.55. The number of rotatable bonds is 24. The molecule has 0 aromatic heterocycles. The molecule has 9 heteroatoms.